The predicted molar refractivity (Wildman–Crippen MR) is 63.7 cm³/mol. The molecule has 0 radical (unpaired) electrons. The second kappa shape index (κ2) is 4.26. The summed E-state index contributed by atoms with van der Waals surface area (Å²) in [7, 11) is 1.79. The third-order valence-corrected chi connectivity index (χ3v) is 3.49. The van der Waals surface area contributed by atoms with Crippen molar-refractivity contribution in [2.45, 2.75) is 45.4 Å². The van der Waals surface area contributed by atoms with Crippen LogP contribution in [0.25, 0.3) is 0 Å². The predicted octanol–water partition coefficient (Wildman–Crippen LogP) is 3.83. The molecule has 0 aromatic heterocycles. The van der Waals surface area contributed by atoms with E-state index in [0.29, 0.717) is 5.92 Å². The zero-order valence-corrected chi connectivity index (χ0v) is 9.97. The number of ether oxygens (including phenoxy) is 1. The van der Waals surface area contributed by atoms with Crippen LogP contribution in [0, 0.1) is 6.92 Å². The van der Waals surface area contributed by atoms with Crippen molar-refractivity contribution in [2.75, 3.05) is 7.11 Å². The molecule has 1 heteroatoms. The van der Waals surface area contributed by atoms with Gasteiger partial charge in [0.1, 0.15) is 5.75 Å². The molecule has 0 fully saturated rings. The van der Waals surface area contributed by atoms with Gasteiger partial charge in [0.15, 0.2) is 0 Å². The number of methoxy groups -OCH3 is 1. The van der Waals surface area contributed by atoms with Gasteiger partial charge in [-0.3, -0.25) is 0 Å². The van der Waals surface area contributed by atoms with Gasteiger partial charge < -0.3 is 4.74 Å². The molecule has 1 aliphatic rings. The van der Waals surface area contributed by atoms with Gasteiger partial charge in [-0.05, 0) is 55.7 Å². The number of rotatable bonds is 2. The van der Waals surface area contributed by atoms with Gasteiger partial charge in [-0.1, -0.05) is 13.0 Å². The fraction of sp³-hybridized carbons (Fsp3) is 0.571. The first kappa shape index (κ1) is 10.5. The van der Waals surface area contributed by atoms with E-state index in [4.69, 9.17) is 4.74 Å². The van der Waals surface area contributed by atoms with Crippen LogP contribution in [0.5, 0.6) is 5.75 Å². The Morgan fingerprint density at radius 1 is 1.40 bits per heavy atom. The van der Waals surface area contributed by atoms with E-state index in [2.05, 4.69) is 26.0 Å². The van der Waals surface area contributed by atoms with E-state index in [-0.39, 0.29) is 0 Å². The molecule has 0 spiro atoms. The Morgan fingerprint density at radius 3 is 2.87 bits per heavy atom. The largest absolute Gasteiger partial charge is 0.496 e. The highest BCUT2D eigenvalue weighted by Gasteiger charge is 2.22. The highest BCUT2D eigenvalue weighted by atomic mass is 16.5. The number of fused-ring (bicyclic) bond motifs is 1. The molecular formula is C14H20O. The maximum atomic E-state index is 5.53. The summed E-state index contributed by atoms with van der Waals surface area (Å²) in [6.45, 7) is 4.43. The zero-order chi connectivity index (χ0) is 10.8. The third kappa shape index (κ3) is 1.88. The van der Waals surface area contributed by atoms with E-state index in [1.54, 1.807) is 7.11 Å². The first-order chi connectivity index (χ1) is 7.26. The normalized spacial score (nSPS) is 19.8. The van der Waals surface area contributed by atoms with Crippen molar-refractivity contribution >= 4 is 0 Å². The molecule has 0 saturated carbocycles. The first-order valence-corrected chi connectivity index (χ1v) is 5.93. The second-order valence-electron chi connectivity index (χ2n) is 4.54. The maximum Gasteiger partial charge on any atom is 0.122 e. The van der Waals surface area contributed by atoms with Crippen LogP contribution in [-0.4, -0.2) is 7.11 Å². The van der Waals surface area contributed by atoms with Crippen molar-refractivity contribution in [1.82, 2.24) is 0 Å². The van der Waals surface area contributed by atoms with E-state index in [9.17, 15) is 0 Å². The van der Waals surface area contributed by atoms with Crippen molar-refractivity contribution in [3.05, 3.63) is 28.8 Å². The zero-order valence-electron chi connectivity index (χ0n) is 9.97. The summed E-state index contributed by atoms with van der Waals surface area (Å²) in [6.07, 6.45) is 5.11. The lowest BCUT2D eigenvalue weighted by atomic mass is 9.80. The summed E-state index contributed by atoms with van der Waals surface area (Å²) in [5.41, 5.74) is 4.32. The van der Waals surface area contributed by atoms with Gasteiger partial charge in [-0.2, -0.15) is 0 Å². The van der Waals surface area contributed by atoms with Gasteiger partial charge in [-0.15, -0.1) is 0 Å². The van der Waals surface area contributed by atoms with Crippen LogP contribution in [0.1, 0.15) is 48.8 Å². The van der Waals surface area contributed by atoms with E-state index in [1.807, 2.05) is 0 Å². The molecule has 82 valence electrons. The van der Waals surface area contributed by atoms with E-state index in [1.165, 1.54) is 42.4 Å². The van der Waals surface area contributed by atoms with Crippen LogP contribution in [0.2, 0.25) is 0 Å². The Bertz CT molecular complexity index is 337. The summed E-state index contributed by atoms with van der Waals surface area (Å²) >= 11 is 0. The summed E-state index contributed by atoms with van der Waals surface area (Å²) in [6, 6.07) is 4.51. The van der Waals surface area contributed by atoms with Gasteiger partial charge in [0.2, 0.25) is 0 Å². The molecule has 0 heterocycles. The molecule has 1 nitrogen and oxygen atoms in total. The Hall–Kier alpha value is -0.980. The quantitative estimate of drug-likeness (QED) is 0.711. The number of hydrogen-bond acceptors (Lipinski definition) is 1. The van der Waals surface area contributed by atoms with Crippen LogP contribution < -0.4 is 4.74 Å². The van der Waals surface area contributed by atoms with Gasteiger partial charge in [0, 0.05) is 5.56 Å². The lowest BCUT2D eigenvalue weighted by Gasteiger charge is -2.27. The molecule has 1 aromatic rings. The fourth-order valence-corrected chi connectivity index (χ4v) is 2.77. The molecule has 1 aromatic carbocycles. The Kier molecular flexibility index (Phi) is 2.99. The standard InChI is InChI=1S/C14H20O/c1-4-11-6-5-7-12-8-10(2)9-13(15-3)14(11)12/h8-9,11H,4-7H2,1-3H3/t11-/m1/s1. The lowest BCUT2D eigenvalue weighted by Crippen LogP contribution is -2.11. The van der Waals surface area contributed by atoms with Crippen LogP contribution in [0.15, 0.2) is 12.1 Å². The minimum atomic E-state index is 0.712. The van der Waals surface area contributed by atoms with Crippen molar-refractivity contribution in [1.29, 1.82) is 0 Å². The molecule has 1 aliphatic carbocycles. The van der Waals surface area contributed by atoms with Gasteiger partial charge in [0.05, 0.1) is 7.11 Å². The topological polar surface area (TPSA) is 9.23 Å². The molecule has 1 atom stereocenters. The molecular weight excluding hydrogens is 184 g/mol. The minimum absolute atomic E-state index is 0.712. The van der Waals surface area contributed by atoms with Crippen molar-refractivity contribution in [3.63, 3.8) is 0 Å². The fourth-order valence-electron chi connectivity index (χ4n) is 2.77. The highest BCUT2D eigenvalue weighted by molar-refractivity contribution is 5.47. The van der Waals surface area contributed by atoms with E-state index < -0.39 is 0 Å². The minimum Gasteiger partial charge on any atom is -0.496 e. The summed E-state index contributed by atoms with van der Waals surface area (Å²) in [5.74, 6) is 1.82. The third-order valence-electron chi connectivity index (χ3n) is 3.49. The van der Waals surface area contributed by atoms with Gasteiger partial charge in [-0.25, -0.2) is 0 Å². The molecule has 0 bridgehead atoms. The van der Waals surface area contributed by atoms with E-state index >= 15 is 0 Å². The van der Waals surface area contributed by atoms with Crippen LogP contribution in [0.4, 0.5) is 0 Å². The van der Waals surface area contributed by atoms with Crippen molar-refractivity contribution in [3.8, 4) is 5.75 Å². The number of benzene rings is 1. The number of aryl methyl sites for hydroxylation is 2. The van der Waals surface area contributed by atoms with Crippen LogP contribution >= 0.6 is 0 Å². The summed E-state index contributed by atoms with van der Waals surface area (Å²) in [5, 5.41) is 0. The van der Waals surface area contributed by atoms with Crippen LogP contribution in [-0.2, 0) is 6.42 Å². The average Bonchev–Trinajstić information content (AvgIpc) is 2.26. The second-order valence-corrected chi connectivity index (χ2v) is 4.54. The van der Waals surface area contributed by atoms with Gasteiger partial charge >= 0.3 is 0 Å². The van der Waals surface area contributed by atoms with E-state index in [0.717, 1.165) is 5.75 Å². The number of hydrogen-bond donors (Lipinski definition) is 0. The summed E-state index contributed by atoms with van der Waals surface area (Å²) in [4.78, 5) is 0. The molecule has 0 saturated heterocycles. The highest BCUT2D eigenvalue weighted by Crippen LogP contribution is 2.40. The average molecular weight is 204 g/mol. The molecule has 15 heavy (non-hydrogen) atoms. The smallest absolute Gasteiger partial charge is 0.122 e. The maximum absolute atomic E-state index is 5.53. The Morgan fingerprint density at radius 2 is 2.20 bits per heavy atom. The molecule has 0 N–H and O–H groups in total. The van der Waals surface area contributed by atoms with Gasteiger partial charge in [0.25, 0.3) is 0 Å². The molecule has 0 unspecified atom stereocenters. The Balaban J connectivity index is 2.52. The lowest BCUT2D eigenvalue weighted by molar-refractivity contribution is 0.396. The van der Waals surface area contributed by atoms with Crippen LogP contribution in [0.3, 0.4) is 0 Å². The molecule has 0 aliphatic heterocycles. The SMILES string of the molecule is CC[C@@H]1CCCc2cc(C)cc(OC)c21. The summed E-state index contributed by atoms with van der Waals surface area (Å²) < 4.78 is 5.53. The van der Waals surface area contributed by atoms with Crippen molar-refractivity contribution in [2.24, 2.45) is 0 Å². The molecule has 0 amide bonds. The first-order valence-electron chi connectivity index (χ1n) is 5.93. The molecule has 2 rings (SSSR count). The van der Waals surface area contributed by atoms with Crippen molar-refractivity contribution < 1.29 is 4.74 Å². The Labute approximate surface area is 92.5 Å². The monoisotopic (exact) mass is 204 g/mol.